The van der Waals surface area contributed by atoms with Crippen LogP contribution in [0.1, 0.15) is 25.6 Å². The van der Waals surface area contributed by atoms with Crippen molar-refractivity contribution in [1.29, 1.82) is 0 Å². The summed E-state index contributed by atoms with van der Waals surface area (Å²) in [4.78, 5) is 36.9. The molecule has 0 aliphatic carbocycles. The van der Waals surface area contributed by atoms with Crippen molar-refractivity contribution < 1.29 is 24.7 Å². The molecule has 1 aromatic carbocycles. The van der Waals surface area contributed by atoms with Crippen LogP contribution in [0.4, 0.5) is 11.5 Å². The van der Waals surface area contributed by atoms with E-state index in [1.807, 2.05) is 17.9 Å². The number of rotatable bonds is 11. The molecule has 0 spiro atoms. The normalized spacial score (nSPS) is 21.3. The van der Waals surface area contributed by atoms with E-state index in [4.69, 9.17) is 4.74 Å². The van der Waals surface area contributed by atoms with Gasteiger partial charge < -0.3 is 25.2 Å². The van der Waals surface area contributed by atoms with Crippen molar-refractivity contribution in [3.8, 4) is 0 Å². The number of nitro benzene ring substituents is 1. The van der Waals surface area contributed by atoms with E-state index in [1.165, 1.54) is 43.5 Å². The summed E-state index contributed by atoms with van der Waals surface area (Å²) in [6.07, 6.45) is -0.907. The van der Waals surface area contributed by atoms with Gasteiger partial charge in [0.1, 0.15) is 18.5 Å². The summed E-state index contributed by atoms with van der Waals surface area (Å²) >= 11 is 1.50. The Labute approximate surface area is 217 Å². The first-order valence-corrected chi connectivity index (χ1v) is 12.9. The summed E-state index contributed by atoms with van der Waals surface area (Å²) in [6.45, 7) is 4.83. The molecule has 4 rings (SSSR count). The molecule has 4 atom stereocenters. The Morgan fingerprint density at radius 3 is 2.84 bits per heavy atom. The van der Waals surface area contributed by atoms with Crippen molar-refractivity contribution in [1.82, 2.24) is 24.8 Å². The molecule has 1 amide bonds. The maximum Gasteiger partial charge on any atom is 0.269 e. The number of aliphatic hydroxyl groups excluding tert-OH is 2. The van der Waals surface area contributed by atoms with Gasteiger partial charge in [-0.05, 0) is 12.5 Å². The molecule has 1 aliphatic heterocycles. The lowest BCUT2D eigenvalue weighted by molar-refractivity contribution is -0.384. The second kappa shape index (κ2) is 11.8. The highest BCUT2D eigenvalue weighted by atomic mass is 32.2. The van der Waals surface area contributed by atoms with E-state index in [2.05, 4.69) is 20.3 Å². The quantitative estimate of drug-likeness (QED) is 0.185. The van der Waals surface area contributed by atoms with Crippen molar-refractivity contribution in [2.45, 2.75) is 44.9 Å². The van der Waals surface area contributed by atoms with E-state index >= 15 is 0 Å². The van der Waals surface area contributed by atoms with E-state index in [-0.39, 0.29) is 11.6 Å². The fourth-order valence-corrected chi connectivity index (χ4v) is 5.10. The molecule has 0 bridgehead atoms. The molecule has 198 valence electrons. The summed E-state index contributed by atoms with van der Waals surface area (Å²) in [5.41, 5.74) is 1.67. The largest absolute Gasteiger partial charge is 0.387 e. The number of nitrogens with one attached hydrogen (secondary N) is 1. The van der Waals surface area contributed by atoms with Crippen LogP contribution in [-0.4, -0.2) is 83.5 Å². The van der Waals surface area contributed by atoms with Crippen LogP contribution in [-0.2, 0) is 16.1 Å². The number of amides is 1. The maximum atomic E-state index is 11.2. The number of hydrogen-bond donors (Lipinski definition) is 3. The smallest absolute Gasteiger partial charge is 0.269 e. The van der Waals surface area contributed by atoms with Crippen LogP contribution in [0.25, 0.3) is 11.2 Å². The Hall–Kier alpha value is -3.33. The second-order valence-electron chi connectivity index (χ2n) is 8.57. The third-order valence-corrected chi connectivity index (χ3v) is 7.09. The van der Waals surface area contributed by atoms with Gasteiger partial charge in [0.25, 0.3) is 5.69 Å². The van der Waals surface area contributed by atoms with E-state index in [0.29, 0.717) is 48.1 Å². The third kappa shape index (κ3) is 5.98. The summed E-state index contributed by atoms with van der Waals surface area (Å²) in [5.74, 6) is 1.52. The van der Waals surface area contributed by atoms with E-state index < -0.39 is 29.5 Å². The van der Waals surface area contributed by atoms with Gasteiger partial charge in [-0.15, -0.1) is 0 Å². The molecule has 1 fully saturated rings. The number of benzene rings is 1. The maximum absolute atomic E-state index is 11.2. The number of fused-ring (bicyclic) bond motifs is 1. The van der Waals surface area contributed by atoms with Gasteiger partial charge in [0.05, 0.1) is 17.4 Å². The number of non-ortho nitro benzene ring substituents is 1. The van der Waals surface area contributed by atoms with E-state index in [9.17, 15) is 25.1 Å². The van der Waals surface area contributed by atoms with Crippen molar-refractivity contribution in [3.63, 3.8) is 0 Å². The van der Waals surface area contributed by atoms with Crippen molar-refractivity contribution >= 4 is 40.3 Å². The van der Waals surface area contributed by atoms with Gasteiger partial charge in [-0.1, -0.05) is 12.1 Å². The molecule has 0 unspecified atom stereocenters. The van der Waals surface area contributed by atoms with Crippen LogP contribution in [0.5, 0.6) is 0 Å². The lowest BCUT2D eigenvalue weighted by atomic mass is 10.1. The van der Waals surface area contributed by atoms with Gasteiger partial charge in [-0.3, -0.25) is 19.5 Å². The Morgan fingerprint density at radius 2 is 2.11 bits per heavy atom. The minimum atomic E-state index is -1.19. The molecule has 13 nitrogen and oxygen atoms in total. The molecule has 3 heterocycles. The van der Waals surface area contributed by atoms with Crippen LogP contribution in [0, 0.1) is 10.1 Å². The molecular formula is C23H29N7O6S. The average molecular weight is 532 g/mol. The molecule has 14 heteroatoms. The molecule has 3 aromatic rings. The molecule has 3 N–H and O–H groups in total. The zero-order valence-corrected chi connectivity index (χ0v) is 21.2. The second-order valence-corrected chi connectivity index (χ2v) is 9.72. The summed E-state index contributed by atoms with van der Waals surface area (Å²) in [5, 5.41) is 35.2. The minimum absolute atomic E-state index is 0.0134. The fraction of sp³-hybridized carbons (Fsp3) is 0.478. The van der Waals surface area contributed by atoms with Crippen LogP contribution in [0.15, 0.2) is 36.9 Å². The predicted molar refractivity (Wildman–Crippen MR) is 137 cm³/mol. The zero-order valence-electron chi connectivity index (χ0n) is 20.4. The van der Waals surface area contributed by atoms with Crippen LogP contribution in [0.3, 0.4) is 0 Å². The first kappa shape index (κ1) is 26.7. The minimum Gasteiger partial charge on any atom is -0.387 e. The highest BCUT2D eigenvalue weighted by Crippen LogP contribution is 2.34. The third-order valence-electron chi connectivity index (χ3n) is 6.03. The summed E-state index contributed by atoms with van der Waals surface area (Å²) < 4.78 is 7.58. The number of carbonyl (C=O) groups excluding carboxylic acids is 1. The number of nitro groups is 1. The van der Waals surface area contributed by atoms with Gasteiger partial charge >= 0.3 is 0 Å². The first-order chi connectivity index (χ1) is 17.8. The summed E-state index contributed by atoms with van der Waals surface area (Å²) in [6, 6.07) is 6.42. The average Bonchev–Trinajstić information content (AvgIpc) is 3.43. The van der Waals surface area contributed by atoms with Gasteiger partial charge in [-0.2, -0.15) is 11.8 Å². The number of aromatic nitrogens is 4. The number of aliphatic hydroxyl groups is 2. The lowest BCUT2D eigenvalue weighted by Gasteiger charge is -2.22. The van der Waals surface area contributed by atoms with Crippen LogP contribution in [0.2, 0.25) is 0 Å². The number of carbonyl (C=O) groups is 1. The Balaban J connectivity index is 1.51. The van der Waals surface area contributed by atoms with Crippen molar-refractivity contribution in [2.75, 3.05) is 29.5 Å². The molecule has 0 radical (unpaired) electrons. The molecular weight excluding hydrogens is 502 g/mol. The highest BCUT2D eigenvalue weighted by molar-refractivity contribution is 7.99. The van der Waals surface area contributed by atoms with E-state index in [1.54, 1.807) is 10.6 Å². The van der Waals surface area contributed by atoms with Crippen molar-refractivity contribution in [3.05, 3.63) is 52.6 Å². The molecule has 0 saturated carbocycles. The molecule has 37 heavy (non-hydrogen) atoms. The predicted octanol–water partition coefficient (Wildman–Crippen LogP) is 1.25. The number of hydrogen-bond acceptors (Lipinski definition) is 11. The number of ether oxygens (including phenoxy) is 1. The number of nitrogens with zero attached hydrogens (tertiary/aromatic N) is 6. The number of anilines is 1. The molecule has 2 aromatic heterocycles. The fourth-order valence-electron chi connectivity index (χ4n) is 4.18. The standard InChI is InChI=1S/C23H29N7O6S/c1-3-28(10-15-5-4-6-16(9-15)30(34)35)21-18-22(26-12-25-21)29(13-27-18)23-20(33)19(32)17(36-23)11-37-8-7-24-14(2)31/h4-6,9,12-13,17,19-20,23,32-33H,3,7-8,10-11H2,1-2H3,(H,24,31)/t17-,19-,20-,23-/m1/s1. The SMILES string of the molecule is CCN(Cc1cccc([N+](=O)[O-])c1)c1ncnc2c1ncn2[C@@H]1O[C@H](CSCCNC(C)=O)[C@@H](O)[C@H]1O. The Morgan fingerprint density at radius 1 is 1.30 bits per heavy atom. The molecule has 1 aliphatic rings. The van der Waals surface area contributed by atoms with Gasteiger partial charge in [0.15, 0.2) is 23.2 Å². The number of imidazole rings is 1. The van der Waals surface area contributed by atoms with Crippen molar-refractivity contribution in [2.24, 2.45) is 0 Å². The Kier molecular flexibility index (Phi) is 8.53. The van der Waals surface area contributed by atoms with Gasteiger partial charge in [0.2, 0.25) is 5.91 Å². The van der Waals surface area contributed by atoms with E-state index in [0.717, 1.165) is 5.56 Å². The van der Waals surface area contributed by atoms with Crippen LogP contribution < -0.4 is 10.2 Å². The monoisotopic (exact) mass is 531 g/mol. The van der Waals surface area contributed by atoms with Gasteiger partial charge in [-0.25, -0.2) is 15.0 Å². The Bertz CT molecular complexity index is 1260. The highest BCUT2D eigenvalue weighted by Gasteiger charge is 2.44. The topological polar surface area (TPSA) is 169 Å². The van der Waals surface area contributed by atoms with Gasteiger partial charge in [0, 0.05) is 50.2 Å². The van der Waals surface area contributed by atoms with Crippen LogP contribution >= 0.6 is 11.8 Å². The summed E-state index contributed by atoms with van der Waals surface area (Å²) in [7, 11) is 0. The lowest BCUT2D eigenvalue weighted by Crippen LogP contribution is -2.33. The number of thioether (sulfide) groups is 1. The first-order valence-electron chi connectivity index (χ1n) is 11.8. The molecule has 1 saturated heterocycles. The zero-order chi connectivity index (χ0) is 26.5.